The van der Waals surface area contributed by atoms with Gasteiger partial charge in [0.25, 0.3) is 0 Å². The molecule has 0 fully saturated rings. The molecule has 0 aliphatic rings. The molecule has 19 heavy (non-hydrogen) atoms. The van der Waals surface area contributed by atoms with E-state index in [2.05, 4.69) is 10.3 Å². The highest BCUT2D eigenvalue weighted by Crippen LogP contribution is 2.23. The zero-order valence-corrected chi connectivity index (χ0v) is 10.1. The topological polar surface area (TPSA) is 84.5 Å². The first-order chi connectivity index (χ1) is 9.20. The summed E-state index contributed by atoms with van der Waals surface area (Å²) in [6.45, 7) is 0. The Hall–Kier alpha value is -2.50. The van der Waals surface area contributed by atoms with E-state index in [0.29, 0.717) is 5.56 Å². The fourth-order valence-electron chi connectivity index (χ4n) is 1.81. The standard InChI is InChI=1S/C13H13N3O3/c17-13(18)7-6-12(15-19)10-2-4-11(5-3-10)16-9-1-8-14-16/h1-5,8-9,12H,6-7H2,(H,17,18). The number of rotatable bonds is 6. The van der Waals surface area contributed by atoms with Crippen LogP contribution in [0.3, 0.4) is 0 Å². The minimum Gasteiger partial charge on any atom is -0.481 e. The van der Waals surface area contributed by atoms with E-state index in [4.69, 9.17) is 5.11 Å². The van der Waals surface area contributed by atoms with Crippen LogP contribution < -0.4 is 0 Å². The molecule has 0 saturated heterocycles. The average molecular weight is 259 g/mol. The van der Waals surface area contributed by atoms with Crippen molar-refractivity contribution in [3.8, 4) is 5.69 Å². The minimum absolute atomic E-state index is 0.0721. The van der Waals surface area contributed by atoms with Crippen LogP contribution in [0.5, 0.6) is 0 Å². The summed E-state index contributed by atoms with van der Waals surface area (Å²) in [7, 11) is 0. The van der Waals surface area contributed by atoms with E-state index in [1.54, 1.807) is 23.0 Å². The summed E-state index contributed by atoms with van der Waals surface area (Å²) in [4.78, 5) is 21.3. The lowest BCUT2D eigenvalue weighted by molar-refractivity contribution is -0.137. The summed E-state index contributed by atoms with van der Waals surface area (Å²) < 4.78 is 1.70. The predicted molar refractivity (Wildman–Crippen MR) is 69.0 cm³/mol. The number of aromatic nitrogens is 2. The molecule has 1 aromatic carbocycles. The van der Waals surface area contributed by atoms with Crippen LogP contribution in [0.4, 0.5) is 0 Å². The van der Waals surface area contributed by atoms with Gasteiger partial charge in [-0.2, -0.15) is 10.0 Å². The van der Waals surface area contributed by atoms with Crippen molar-refractivity contribution >= 4 is 5.97 Å². The molecule has 0 saturated carbocycles. The molecule has 0 aliphatic heterocycles. The third-order valence-corrected chi connectivity index (χ3v) is 2.81. The van der Waals surface area contributed by atoms with Crippen molar-refractivity contribution in [3.63, 3.8) is 0 Å². The van der Waals surface area contributed by atoms with Crippen LogP contribution in [0.15, 0.2) is 47.9 Å². The van der Waals surface area contributed by atoms with Gasteiger partial charge in [-0.1, -0.05) is 17.3 Å². The Morgan fingerprint density at radius 1 is 1.37 bits per heavy atom. The minimum atomic E-state index is -0.929. The van der Waals surface area contributed by atoms with Crippen molar-refractivity contribution < 1.29 is 9.90 Å². The summed E-state index contributed by atoms with van der Waals surface area (Å²) in [5, 5.41) is 15.7. The maximum Gasteiger partial charge on any atom is 0.303 e. The molecule has 1 atom stereocenters. The highest BCUT2D eigenvalue weighted by molar-refractivity contribution is 5.66. The first kappa shape index (κ1) is 12.9. The van der Waals surface area contributed by atoms with Gasteiger partial charge in [-0.3, -0.25) is 4.79 Å². The van der Waals surface area contributed by atoms with Crippen molar-refractivity contribution in [1.82, 2.24) is 9.78 Å². The Morgan fingerprint density at radius 2 is 2.11 bits per heavy atom. The number of aliphatic carboxylic acids is 1. The number of nitrogens with zero attached hydrogens (tertiary/aromatic N) is 3. The monoisotopic (exact) mass is 259 g/mol. The third-order valence-electron chi connectivity index (χ3n) is 2.81. The molecule has 0 bridgehead atoms. The number of nitroso groups, excluding NO2 is 1. The number of hydrogen-bond donors (Lipinski definition) is 1. The molecule has 2 aromatic rings. The fraction of sp³-hybridized carbons (Fsp3) is 0.231. The fourth-order valence-corrected chi connectivity index (χ4v) is 1.81. The number of hydrogen-bond acceptors (Lipinski definition) is 4. The average Bonchev–Trinajstić information content (AvgIpc) is 2.94. The van der Waals surface area contributed by atoms with Gasteiger partial charge in [0.05, 0.1) is 5.69 Å². The van der Waals surface area contributed by atoms with Crippen molar-refractivity contribution in [2.75, 3.05) is 0 Å². The summed E-state index contributed by atoms with van der Waals surface area (Å²) in [6.07, 6.45) is 3.63. The van der Waals surface area contributed by atoms with E-state index in [1.165, 1.54) is 0 Å². The van der Waals surface area contributed by atoms with E-state index in [9.17, 15) is 9.70 Å². The summed E-state index contributed by atoms with van der Waals surface area (Å²) in [5.41, 5.74) is 1.59. The molecule has 0 aliphatic carbocycles. The SMILES string of the molecule is O=NC(CCC(=O)O)c1ccc(-n2cccn2)cc1. The van der Waals surface area contributed by atoms with Gasteiger partial charge >= 0.3 is 5.97 Å². The van der Waals surface area contributed by atoms with Crippen LogP contribution in [0.25, 0.3) is 5.69 Å². The molecule has 0 radical (unpaired) electrons. The number of carboxylic acids is 1. The van der Waals surface area contributed by atoms with E-state index in [-0.39, 0.29) is 12.8 Å². The Labute approximate surface area is 109 Å². The zero-order chi connectivity index (χ0) is 13.7. The third kappa shape index (κ3) is 3.25. The van der Waals surface area contributed by atoms with Crippen LogP contribution in [0.1, 0.15) is 24.4 Å². The molecular formula is C13H13N3O3. The lowest BCUT2D eigenvalue weighted by Crippen LogP contribution is -2.01. The molecular weight excluding hydrogens is 246 g/mol. The van der Waals surface area contributed by atoms with E-state index < -0.39 is 12.0 Å². The smallest absolute Gasteiger partial charge is 0.303 e. The normalized spacial score (nSPS) is 12.0. The van der Waals surface area contributed by atoms with Crippen molar-refractivity contribution in [1.29, 1.82) is 0 Å². The molecule has 98 valence electrons. The van der Waals surface area contributed by atoms with E-state index in [1.807, 2.05) is 24.4 Å². The molecule has 1 unspecified atom stereocenters. The Bertz CT molecular complexity index is 549. The highest BCUT2D eigenvalue weighted by atomic mass is 16.4. The first-order valence-electron chi connectivity index (χ1n) is 5.85. The number of benzene rings is 1. The molecule has 1 heterocycles. The van der Waals surface area contributed by atoms with Gasteiger partial charge in [-0.15, -0.1) is 0 Å². The maximum absolute atomic E-state index is 10.8. The molecule has 6 heteroatoms. The Balaban J connectivity index is 2.12. The van der Waals surface area contributed by atoms with E-state index >= 15 is 0 Å². The molecule has 1 N–H and O–H groups in total. The van der Waals surface area contributed by atoms with Gasteiger partial charge in [0.1, 0.15) is 6.04 Å². The predicted octanol–water partition coefficient (Wildman–Crippen LogP) is 2.54. The largest absolute Gasteiger partial charge is 0.481 e. The van der Waals surface area contributed by atoms with Gasteiger partial charge < -0.3 is 5.11 Å². The van der Waals surface area contributed by atoms with Crippen LogP contribution in [0.2, 0.25) is 0 Å². The molecule has 0 spiro atoms. The second kappa shape index (κ2) is 5.90. The van der Waals surface area contributed by atoms with E-state index in [0.717, 1.165) is 5.69 Å². The molecule has 1 aromatic heterocycles. The second-order valence-corrected chi connectivity index (χ2v) is 4.10. The summed E-state index contributed by atoms with van der Waals surface area (Å²) in [6, 6.07) is 8.37. The molecule has 6 nitrogen and oxygen atoms in total. The maximum atomic E-state index is 10.8. The van der Waals surface area contributed by atoms with Gasteiger partial charge in [0, 0.05) is 18.8 Å². The Morgan fingerprint density at radius 3 is 2.63 bits per heavy atom. The second-order valence-electron chi connectivity index (χ2n) is 4.10. The quantitative estimate of drug-likeness (QED) is 0.808. The summed E-state index contributed by atoms with van der Waals surface area (Å²) >= 11 is 0. The lowest BCUT2D eigenvalue weighted by Gasteiger charge is -2.09. The van der Waals surface area contributed by atoms with Crippen LogP contribution in [-0.4, -0.2) is 20.9 Å². The van der Waals surface area contributed by atoms with Crippen LogP contribution in [-0.2, 0) is 4.79 Å². The first-order valence-corrected chi connectivity index (χ1v) is 5.85. The van der Waals surface area contributed by atoms with Crippen LogP contribution in [0, 0.1) is 4.91 Å². The van der Waals surface area contributed by atoms with Gasteiger partial charge in [0.15, 0.2) is 0 Å². The highest BCUT2D eigenvalue weighted by Gasteiger charge is 2.13. The van der Waals surface area contributed by atoms with Gasteiger partial charge in [-0.25, -0.2) is 4.68 Å². The van der Waals surface area contributed by atoms with Gasteiger partial charge in [-0.05, 0) is 30.2 Å². The van der Waals surface area contributed by atoms with Crippen LogP contribution >= 0.6 is 0 Å². The zero-order valence-electron chi connectivity index (χ0n) is 10.1. The van der Waals surface area contributed by atoms with Crippen molar-refractivity contribution in [2.24, 2.45) is 5.18 Å². The van der Waals surface area contributed by atoms with Crippen molar-refractivity contribution in [2.45, 2.75) is 18.9 Å². The lowest BCUT2D eigenvalue weighted by atomic mass is 10.0. The molecule has 0 amide bonds. The number of carbonyl (C=O) groups is 1. The number of carboxylic acid groups (broad SMARTS) is 1. The summed E-state index contributed by atoms with van der Waals surface area (Å²) in [5.74, 6) is -0.929. The Kier molecular flexibility index (Phi) is 4.02. The van der Waals surface area contributed by atoms with Crippen molar-refractivity contribution in [3.05, 3.63) is 53.2 Å². The molecule has 2 rings (SSSR count). The van der Waals surface area contributed by atoms with Gasteiger partial charge in [0.2, 0.25) is 0 Å².